The van der Waals surface area contributed by atoms with E-state index in [1.807, 2.05) is 6.92 Å². The van der Waals surface area contributed by atoms with Gasteiger partial charge in [-0.3, -0.25) is 4.79 Å². The van der Waals surface area contributed by atoms with E-state index in [1.165, 1.54) is 38.5 Å². The molecule has 0 rings (SSSR count). The molecule has 0 aliphatic rings. The number of hydrogen-bond donors (Lipinski definition) is 2. The van der Waals surface area contributed by atoms with Crippen LogP contribution in [0.15, 0.2) is 0 Å². The summed E-state index contributed by atoms with van der Waals surface area (Å²) < 4.78 is 32.4. The van der Waals surface area contributed by atoms with Gasteiger partial charge in [-0.25, -0.2) is 8.42 Å². The van der Waals surface area contributed by atoms with Gasteiger partial charge in [0.25, 0.3) is 0 Å². The van der Waals surface area contributed by atoms with Gasteiger partial charge in [-0.15, -0.1) is 0 Å². The van der Waals surface area contributed by atoms with E-state index in [4.69, 9.17) is 0 Å². The van der Waals surface area contributed by atoms with Crippen LogP contribution in [0.1, 0.15) is 78.1 Å². The summed E-state index contributed by atoms with van der Waals surface area (Å²) >= 11 is 0. The third-order valence-electron chi connectivity index (χ3n) is 5.00. The topological polar surface area (TPSA) is 107 Å². The molecule has 0 aliphatic heterocycles. The first kappa shape index (κ1) is 26.3. The van der Waals surface area contributed by atoms with Gasteiger partial charge in [0, 0.05) is 13.3 Å². The molecule has 0 aromatic heterocycles. The van der Waals surface area contributed by atoms with Crippen molar-refractivity contribution < 1.29 is 27.4 Å². The zero-order chi connectivity index (χ0) is 20.9. The summed E-state index contributed by atoms with van der Waals surface area (Å²) in [7, 11) is -0.905. The summed E-state index contributed by atoms with van der Waals surface area (Å²) in [5.74, 6) is -0.851. The SMILES string of the molecule is CCCCCCCCCCCC(=O)NC(C)[N+](C)(C)CC(O)CS(=O)(=O)[O-]. The fourth-order valence-electron chi connectivity index (χ4n) is 3.07. The van der Waals surface area contributed by atoms with Gasteiger partial charge >= 0.3 is 0 Å². The summed E-state index contributed by atoms with van der Waals surface area (Å²) in [5.41, 5.74) is 0. The largest absolute Gasteiger partial charge is 0.748 e. The van der Waals surface area contributed by atoms with Crippen LogP contribution in [0.3, 0.4) is 0 Å². The Bertz CT molecular complexity index is 508. The molecular formula is C19H40N2O5S. The molecule has 2 unspecified atom stereocenters. The normalized spacial score (nSPS) is 14.7. The lowest BCUT2D eigenvalue weighted by atomic mass is 10.1. The van der Waals surface area contributed by atoms with Crippen molar-refractivity contribution in [2.75, 3.05) is 26.4 Å². The molecule has 0 fully saturated rings. The molecule has 2 atom stereocenters. The molecule has 1 amide bonds. The van der Waals surface area contributed by atoms with E-state index in [2.05, 4.69) is 12.2 Å². The second kappa shape index (κ2) is 13.5. The molecule has 0 aromatic carbocycles. The van der Waals surface area contributed by atoms with Gasteiger partial charge in [0.1, 0.15) is 12.6 Å². The van der Waals surface area contributed by atoms with Crippen molar-refractivity contribution in [2.45, 2.75) is 90.3 Å². The minimum atomic E-state index is -4.47. The molecule has 0 spiro atoms. The Labute approximate surface area is 165 Å². The predicted molar refractivity (Wildman–Crippen MR) is 107 cm³/mol. The number of quaternary nitrogens is 1. The van der Waals surface area contributed by atoms with Crippen molar-refractivity contribution in [1.29, 1.82) is 0 Å². The second-order valence-corrected chi connectivity index (χ2v) is 9.61. The average Bonchev–Trinajstić information content (AvgIpc) is 2.50. The van der Waals surface area contributed by atoms with Crippen LogP contribution in [0, 0.1) is 0 Å². The van der Waals surface area contributed by atoms with Crippen LogP contribution < -0.4 is 5.32 Å². The van der Waals surface area contributed by atoms with Crippen LogP contribution in [-0.4, -0.2) is 67.1 Å². The zero-order valence-corrected chi connectivity index (χ0v) is 18.4. The molecule has 0 radical (unpaired) electrons. The fraction of sp³-hybridized carbons (Fsp3) is 0.947. The van der Waals surface area contributed by atoms with Gasteiger partial charge in [0.2, 0.25) is 5.91 Å². The molecule has 0 heterocycles. The molecule has 162 valence electrons. The molecule has 7 nitrogen and oxygen atoms in total. The Morgan fingerprint density at radius 3 is 2.00 bits per heavy atom. The molecule has 2 N–H and O–H groups in total. The minimum Gasteiger partial charge on any atom is -0.748 e. The fourth-order valence-corrected chi connectivity index (χ4v) is 3.64. The van der Waals surface area contributed by atoms with Crippen molar-refractivity contribution in [3.63, 3.8) is 0 Å². The highest BCUT2D eigenvalue weighted by Gasteiger charge is 2.29. The van der Waals surface area contributed by atoms with Crippen LogP contribution in [0.25, 0.3) is 0 Å². The number of rotatable bonds is 16. The molecular weight excluding hydrogens is 368 g/mol. The molecule has 0 saturated heterocycles. The summed E-state index contributed by atoms with van der Waals surface area (Å²) in [4.78, 5) is 12.1. The van der Waals surface area contributed by atoms with Crippen molar-refractivity contribution in [3.05, 3.63) is 0 Å². The van der Waals surface area contributed by atoms with E-state index in [0.29, 0.717) is 6.42 Å². The number of carbonyl (C=O) groups is 1. The molecule has 0 aliphatic carbocycles. The zero-order valence-electron chi connectivity index (χ0n) is 17.6. The third kappa shape index (κ3) is 15.0. The molecule has 0 saturated carbocycles. The van der Waals surface area contributed by atoms with Gasteiger partial charge in [0.05, 0.1) is 30.0 Å². The first-order valence-electron chi connectivity index (χ1n) is 10.2. The summed E-state index contributed by atoms with van der Waals surface area (Å²) in [6, 6.07) is 0. The maximum atomic E-state index is 12.1. The second-order valence-electron chi connectivity index (χ2n) is 8.16. The van der Waals surface area contributed by atoms with Crippen LogP contribution in [0.5, 0.6) is 0 Å². The highest BCUT2D eigenvalue weighted by atomic mass is 32.2. The minimum absolute atomic E-state index is 0.0393. The Morgan fingerprint density at radius 2 is 1.52 bits per heavy atom. The van der Waals surface area contributed by atoms with E-state index >= 15 is 0 Å². The van der Waals surface area contributed by atoms with Crippen molar-refractivity contribution in [3.8, 4) is 0 Å². The lowest BCUT2D eigenvalue weighted by molar-refractivity contribution is -0.917. The smallest absolute Gasteiger partial charge is 0.224 e. The first-order chi connectivity index (χ1) is 12.5. The molecule has 0 bridgehead atoms. The van der Waals surface area contributed by atoms with E-state index in [1.54, 1.807) is 14.1 Å². The number of nitrogens with zero attached hydrogens (tertiary/aromatic N) is 1. The number of carbonyl (C=O) groups excluding carboxylic acids is 1. The summed E-state index contributed by atoms with van der Waals surface area (Å²) in [6.45, 7) is 4.10. The Morgan fingerprint density at radius 1 is 1.04 bits per heavy atom. The van der Waals surface area contributed by atoms with E-state index < -0.39 is 22.0 Å². The Kier molecular flexibility index (Phi) is 13.1. The lowest BCUT2D eigenvalue weighted by Gasteiger charge is -2.37. The highest BCUT2D eigenvalue weighted by molar-refractivity contribution is 7.85. The van der Waals surface area contributed by atoms with E-state index in [9.17, 15) is 22.9 Å². The summed E-state index contributed by atoms with van der Waals surface area (Å²) in [5, 5.41) is 12.7. The Hall–Kier alpha value is -0.700. The quantitative estimate of drug-likeness (QED) is 0.176. The van der Waals surface area contributed by atoms with Crippen molar-refractivity contribution in [2.24, 2.45) is 0 Å². The molecule has 0 aromatic rings. The predicted octanol–water partition coefficient (Wildman–Crippen LogP) is 2.35. The Balaban J connectivity index is 3.98. The molecule has 27 heavy (non-hydrogen) atoms. The third-order valence-corrected chi connectivity index (χ3v) is 5.80. The van der Waals surface area contributed by atoms with E-state index in [0.717, 1.165) is 19.3 Å². The van der Waals surface area contributed by atoms with Crippen molar-refractivity contribution in [1.82, 2.24) is 5.32 Å². The number of aliphatic hydroxyl groups excluding tert-OH is 1. The molecule has 8 heteroatoms. The first-order valence-corrected chi connectivity index (χ1v) is 11.8. The van der Waals surface area contributed by atoms with Crippen LogP contribution >= 0.6 is 0 Å². The van der Waals surface area contributed by atoms with Crippen molar-refractivity contribution >= 4 is 16.0 Å². The average molecular weight is 409 g/mol. The van der Waals surface area contributed by atoms with E-state index in [-0.39, 0.29) is 23.1 Å². The van der Waals surface area contributed by atoms with Crippen LogP contribution in [0.4, 0.5) is 0 Å². The van der Waals surface area contributed by atoms with Gasteiger partial charge in [-0.1, -0.05) is 58.3 Å². The van der Waals surface area contributed by atoms with Gasteiger partial charge in [-0.05, 0) is 6.42 Å². The monoisotopic (exact) mass is 408 g/mol. The number of unbranched alkanes of at least 4 members (excludes halogenated alkanes) is 8. The van der Waals surface area contributed by atoms with Gasteiger partial charge < -0.3 is 19.5 Å². The van der Waals surface area contributed by atoms with Gasteiger partial charge in [0.15, 0.2) is 6.17 Å². The van der Waals surface area contributed by atoms with Crippen LogP contribution in [-0.2, 0) is 14.9 Å². The maximum absolute atomic E-state index is 12.1. The highest BCUT2D eigenvalue weighted by Crippen LogP contribution is 2.11. The van der Waals surface area contributed by atoms with Crippen LogP contribution in [0.2, 0.25) is 0 Å². The standard InChI is InChI=1S/C19H40N2O5S/c1-5-6-7-8-9-10-11-12-13-14-19(23)20-17(2)21(3,4)15-18(22)16-27(24,25)26/h17-18,22H,5-16H2,1-4H3,(H-,20,23,24,25,26). The summed E-state index contributed by atoms with van der Waals surface area (Å²) in [6.07, 6.45) is 9.70. The number of hydrogen-bond acceptors (Lipinski definition) is 5. The number of likely N-dealkylation sites (N-methyl/N-ethyl adjacent to an activating group) is 1. The lowest BCUT2D eigenvalue weighted by Crippen LogP contribution is -2.59. The number of amides is 1. The number of aliphatic hydroxyl groups is 1. The van der Waals surface area contributed by atoms with Gasteiger partial charge in [-0.2, -0.15) is 0 Å². The number of nitrogens with one attached hydrogen (secondary N) is 1. The maximum Gasteiger partial charge on any atom is 0.224 e.